The van der Waals surface area contributed by atoms with E-state index in [9.17, 15) is 19.5 Å². The molecule has 2 aromatic carbocycles. The molecule has 0 spiro atoms. The summed E-state index contributed by atoms with van der Waals surface area (Å²) < 4.78 is 5.13. The molecule has 1 amide bonds. The van der Waals surface area contributed by atoms with Crippen molar-refractivity contribution in [2.24, 2.45) is 5.41 Å². The molecule has 2 atom stereocenters. The summed E-state index contributed by atoms with van der Waals surface area (Å²) in [6, 6.07) is 17.1. The third-order valence-corrected chi connectivity index (χ3v) is 6.61. The zero-order valence-corrected chi connectivity index (χ0v) is 18.3. The number of rotatable bonds is 8. The number of aryl methyl sites for hydroxylation is 1. The van der Waals surface area contributed by atoms with Crippen LogP contribution in [0.5, 0.6) is 0 Å². The highest BCUT2D eigenvalue weighted by molar-refractivity contribution is 8.13. The second kappa shape index (κ2) is 10.6. The average Bonchev–Trinajstić information content (AvgIpc) is 2.79. The Labute approximate surface area is 186 Å². The van der Waals surface area contributed by atoms with Gasteiger partial charge in [0.2, 0.25) is 5.91 Å². The second-order valence-electron chi connectivity index (χ2n) is 7.83. The topological polar surface area (TPSA) is 92.7 Å². The van der Waals surface area contributed by atoms with Crippen LogP contribution in [0.15, 0.2) is 54.6 Å². The number of hydrogen-bond acceptors (Lipinski definition) is 6. The Hall–Kier alpha value is -2.64. The van der Waals surface area contributed by atoms with E-state index in [0.29, 0.717) is 18.6 Å². The van der Waals surface area contributed by atoms with E-state index in [1.54, 1.807) is 0 Å². The number of fused-ring (bicyclic) bond motifs is 1. The number of thioether (sulfide) groups is 1. The summed E-state index contributed by atoms with van der Waals surface area (Å²) in [6.07, 6.45) is 0.402. The number of nitrogens with one attached hydrogen (secondary N) is 1. The molecule has 0 saturated carbocycles. The van der Waals surface area contributed by atoms with Crippen LogP contribution in [0.1, 0.15) is 30.0 Å². The number of hydrogen-bond donors (Lipinski definition) is 2. The summed E-state index contributed by atoms with van der Waals surface area (Å²) in [5.41, 5.74) is 2.35. The quantitative estimate of drug-likeness (QED) is 0.612. The zero-order valence-electron chi connectivity index (χ0n) is 17.5. The smallest absolute Gasteiger partial charge is 0.337 e. The third kappa shape index (κ3) is 6.18. The molecule has 2 aromatic rings. The van der Waals surface area contributed by atoms with E-state index in [1.807, 2.05) is 48.5 Å². The lowest BCUT2D eigenvalue weighted by Gasteiger charge is -2.36. The molecule has 31 heavy (non-hydrogen) atoms. The number of carbonyl (C=O) groups excluding carboxylic acids is 3. The number of benzene rings is 2. The monoisotopic (exact) mass is 441 g/mol. The Kier molecular flexibility index (Phi) is 7.87. The summed E-state index contributed by atoms with van der Waals surface area (Å²) in [6.45, 7) is 1.31. The minimum absolute atomic E-state index is 0.0458. The number of aliphatic hydroxyl groups excluding tert-OH is 1. The fourth-order valence-corrected chi connectivity index (χ4v) is 4.57. The van der Waals surface area contributed by atoms with Crippen LogP contribution < -0.4 is 5.32 Å². The summed E-state index contributed by atoms with van der Waals surface area (Å²) in [5, 5.41) is 12.8. The van der Waals surface area contributed by atoms with E-state index in [-0.39, 0.29) is 24.2 Å². The largest absolute Gasteiger partial charge is 0.459 e. The minimum Gasteiger partial charge on any atom is -0.459 e. The first-order valence-electron chi connectivity index (χ1n) is 10.3. The molecule has 3 rings (SSSR count). The van der Waals surface area contributed by atoms with Gasteiger partial charge in [-0.1, -0.05) is 66.4 Å². The van der Waals surface area contributed by atoms with Gasteiger partial charge in [0.15, 0.2) is 11.2 Å². The molecule has 1 aliphatic carbocycles. The first-order chi connectivity index (χ1) is 14.9. The Morgan fingerprint density at radius 1 is 1.10 bits per heavy atom. The van der Waals surface area contributed by atoms with Crippen LogP contribution >= 0.6 is 11.8 Å². The molecular formula is C24H27NO5S. The molecule has 0 radical (unpaired) electrons. The Morgan fingerprint density at radius 3 is 2.48 bits per heavy atom. The molecular weight excluding hydrogens is 414 g/mol. The molecule has 0 aliphatic heterocycles. The van der Waals surface area contributed by atoms with Crippen LogP contribution in [0.2, 0.25) is 0 Å². The molecule has 164 valence electrons. The maximum Gasteiger partial charge on any atom is 0.337 e. The number of amides is 1. The number of esters is 1. The van der Waals surface area contributed by atoms with Crippen molar-refractivity contribution in [1.82, 2.24) is 5.32 Å². The maximum atomic E-state index is 13.1. The Balaban J connectivity index is 1.60. The van der Waals surface area contributed by atoms with Gasteiger partial charge < -0.3 is 15.2 Å². The van der Waals surface area contributed by atoms with Crippen LogP contribution in [-0.2, 0) is 38.6 Å². The van der Waals surface area contributed by atoms with Gasteiger partial charge in [0.05, 0.1) is 12.0 Å². The molecule has 6 nitrogen and oxygen atoms in total. The fraction of sp³-hybridized carbons (Fsp3) is 0.375. The van der Waals surface area contributed by atoms with E-state index in [0.717, 1.165) is 29.3 Å². The highest BCUT2D eigenvalue weighted by Gasteiger charge is 2.41. The van der Waals surface area contributed by atoms with Gasteiger partial charge in [-0.2, -0.15) is 0 Å². The van der Waals surface area contributed by atoms with Crippen molar-refractivity contribution >= 4 is 28.8 Å². The normalized spacial score (nSPS) is 18.5. The molecule has 7 heteroatoms. The van der Waals surface area contributed by atoms with Gasteiger partial charge in [-0.3, -0.25) is 9.59 Å². The fourth-order valence-electron chi connectivity index (χ4n) is 3.71. The first kappa shape index (κ1) is 23.0. The van der Waals surface area contributed by atoms with Gasteiger partial charge in [0.1, 0.15) is 6.61 Å². The Morgan fingerprint density at radius 2 is 1.77 bits per heavy atom. The van der Waals surface area contributed by atoms with E-state index in [4.69, 9.17) is 4.74 Å². The number of carbonyl (C=O) groups is 3. The Bertz CT molecular complexity index is 933. The van der Waals surface area contributed by atoms with E-state index >= 15 is 0 Å². The summed E-state index contributed by atoms with van der Waals surface area (Å²) in [4.78, 5) is 36.8. The third-order valence-electron chi connectivity index (χ3n) is 5.51. The lowest BCUT2D eigenvalue weighted by Crippen LogP contribution is -2.49. The van der Waals surface area contributed by atoms with E-state index < -0.39 is 17.5 Å². The summed E-state index contributed by atoms with van der Waals surface area (Å²) >= 11 is 1.13. The number of ether oxygens (including phenoxy) is 1. The van der Waals surface area contributed by atoms with Crippen molar-refractivity contribution < 1.29 is 24.2 Å². The van der Waals surface area contributed by atoms with Gasteiger partial charge >= 0.3 is 5.97 Å². The highest BCUT2D eigenvalue weighted by Crippen LogP contribution is 2.38. The summed E-state index contributed by atoms with van der Waals surface area (Å²) in [5.74, 6) is -0.687. The van der Waals surface area contributed by atoms with Crippen molar-refractivity contribution in [1.29, 1.82) is 0 Å². The van der Waals surface area contributed by atoms with Crippen LogP contribution in [-0.4, -0.2) is 40.5 Å². The predicted octanol–water partition coefficient (Wildman–Crippen LogP) is 2.66. The average molecular weight is 442 g/mol. The molecule has 2 unspecified atom stereocenters. The molecule has 0 fully saturated rings. The summed E-state index contributed by atoms with van der Waals surface area (Å²) in [7, 11) is 0. The SMILES string of the molecule is CC(=O)SCC1(C(=O)NCC(O)C(=O)OCc2ccccc2)CCc2ccccc2C1. The van der Waals surface area contributed by atoms with E-state index in [2.05, 4.69) is 11.4 Å². The molecule has 1 aliphatic rings. The maximum absolute atomic E-state index is 13.1. The molecule has 0 saturated heterocycles. The lowest BCUT2D eigenvalue weighted by atomic mass is 9.72. The van der Waals surface area contributed by atoms with Crippen LogP contribution in [0.25, 0.3) is 0 Å². The van der Waals surface area contributed by atoms with Crippen molar-refractivity contribution in [3.8, 4) is 0 Å². The highest BCUT2D eigenvalue weighted by atomic mass is 32.2. The van der Waals surface area contributed by atoms with E-state index in [1.165, 1.54) is 12.5 Å². The molecule has 0 bridgehead atoms. The second-order valence-corrected chi connectivity index (χ2v) is 8.98. The predicted molar refractivity (Wildman–Crippen MR) is 119 cm³/mol. The minimum atomic E-state index is -1.46. The van der Waals surface area contributed by atoms with Gasteiger partial charge in [0.25, 0.3) is 0 Å². The van der Waals surface area contributed by atoms with Crippen LogP contribution in [0, 0.1) is 5.41 Å². The zero-order chi connectivity index (χ0) is 22.3. The van der Waals surface area contributed by atoms with Crippen molar-refractivity contribution in [2.75, 3.05) is 12.3 Å². The molecule has 2 N–H and O–H groups in total. The van der Waals surface area contributed by atoms with Crippen molar-refractivity contribution in [2.45, 2.75) is 38.9 Å². The molecule has 0 aromatic heterocycles. The van der Waals surface area contributed by atoms with Gasteiger partial charge in [-0.15, -0.1) is 0 Å². The first-order valence-corrected chi connectivity index (χ1v) is 11.3. The number of aliphatic hydroxyl groups is 1. The lowest BCUT2D eigenvalue weighted by molar-refractivity contribution is -0.154. The molecule has 0 heterocycles. The van der Waals surface area contributed by atoms with Gasteiger partial charge in [-0.25, -0.2) is 4.79 Å². The van der Waals surface area contributed by atoms with Crippen molar-refractivity contribution in [3.05, 3.63) is 71.3 Å². The van der Waals surface area contributed by atoms with Crippen molar-refractivity contribution in [3.63, 3.8) is 0 Å². The van der Waals surface area contributed by atoms with Gasteiger partial charge in [-0.05, 0) is 36.0 Å². The van der Waals surface area contributed by atoms with Crippen LogP contribution in [0.3, 0.4) is 0 Å². The van der Waals surface area contributed by atoms with Crippen LogP contribution in [0.4, 0.5) is 0 Å². The standard InChI is InChI=1S/C24H27NO5S/c1-17(26)31-16-24(12-11-19-9-5-6-10-20(19)13-24)23(29)25-14-21(27)22(28)30-15-18-7-3-2-4-8-18/h2-10,21,27H,11-16H2,1H3,(H,25,29). The van der Waals surface area contributed by atoms with Gasteiger partial charge in [0, 0.05) is 12.7 Å².